The van der Waals surface area contributed by atoms with Crippen LogP contribution in [0.4, 0.5) is 24.8 Å². The third-order valence-electron chi connectivity index (χ3n) is 3.08. The lowest BCUT2D eigenvalue weighted by molar-refractivity contribution is -0.0884. The van der Waals surface area contributed by atoms with Crippen molar-refractivity contribution in [1.29, 1.82) is 0 Å². The van der Waals surface area contributed by atoms with Gasteiger partial charge in [-0.3, -0.25) is 4.79 Å². The first-order valence-electron chi connectivity index (χ1n) is 6.23. The fourth-order valence-corrected chi connectivity index (χ4v) is 2.08. The predicted octanol–water partition coefficient (Wildman–Crippen LogP) is 1.57. The molecule has 2 heterocycles. The van der Waals surface area contributed by atoms with E-state index in [9.17, 15) is 18.0 Å². The van der Waals surface area contributed by atoms with Crippen LogP contribution in [0.15, 0.2) is 12.1 Å². The number of alkyl halides is 3. The van der Waals surface area contributed by atoms with Gasteiger partial charge in [0, 0.05) is 12.6 Å². The van der Waals surface area contributed by atoms with Crippen LogP contribution in [0, 0.1) is 0 Å². The second kappa shape index (κ2) is 5.66. The van der Waals surface area contributed by atoms with Crippen LogP contribution in [0.2, 0.25) is 0 Å². The number of halogens is 3. The molecular weight excluding hydrogens is 273 g/mol. The van der Waals surface area contributed by atoms with E-state index in [4.69, 9.17) is 5.73 Å². The molecule has 1 aromatic rings. The first kappa shape index (κ1) is 14.6. The molecule has 4 N–H and O–H groups in total. The van der Waals surface area contributed by atoms with Crippen LogP contribution >= 0.6 is 0 Å². The summed E-state index contributed by atoms with van der Waals surface area (Å²) in [6.07, 6.45) is -2.99. The monoisotopic (exact) mass is 288 g/mol. The number of anilines is 2. The van der Waals surface area contributed by atoms with E-state index in [0.29, 0.717) is 5.82 Å². The molecule has 5 nitrogen and oxygen atoms in total. The van der Waals surface area contributed by atoms with Crippen LogP contribution in [-0.2, 0) is 0 Å². The molecule has 0 radical (unpaired) electrons. The Morgan fingerprint density at radius 1 is 1.45 bits per heavy atom. The van der Waals surface area contributed by atoms with Gasteiger partial charge < -0.3 is 16.4 Å². The number of Topliss-reactive ketones (excluding diaryl/α,β-unsaturated/α-hetero) is 1. The van der Waals surface area contributed by atoms with Gasteiger partial charge >= 0.3 is 6.18 Å². The number of nitrogens with zero attached hydrogens (tertiary/aromatic N) is 1. The molecule has 1 aliphatic rings. The van der Waals surface area contributed by atoms with Crippen LogP contribution in [0.25, 0.3) is 0 Å². The molecular formula is C12H15F3N4O. The van der Waals surface area contributed by atoms with Crippen LogP contribution in [0.3, 0.4) is 0 Å². The fourth-order valence-electron chi connectivity index (χ4n) is 2.08. The molecule has 0 bridgehead atoms. The Kier molecular flexibility index (Phi) is 4.12. The fraction of sp³-hybridized carbons (Fsp3) is 0.500. The van der Waals surface area contributed by atoms with Gasteiger partial charge in [0.15, 0.2) is 0 Å². The number of hydrogen-bond acceptors (Lipinski definition) is 5. The second-order valence-electron chi connectivity index (χ2n) is 4.64. The maximum absolute atomic E-state index is 12.3. The van der Waals surface area contributed by atoms with E-state index in [2.05, 4.69) is 15.6 Å². The summed E-state index contributed by atoms with van der Waals surface area (Å²) in [5.41, 5.74) is 4.82. The molecule has 0 aromatic carbocycles. The average molecular weight is 288 g/mol. The van der Waals surface area contributed by atoms with Crippen LogP contribution in [0.5, 0.6) is 0 Å². The zero-order valence-electron chi connectivity index (χ0n) is 10.6. The number of carbonyl (C=O) groups excluding carboxylic acids is 1. The maximum atomic E-state index is 12.3. The maximum Gasteiger partial charge on any atom is 0.455 e. The summed E-state index contributed by atoms with van der Waals surface area (Å²) in [4.78, 5) is 14.9. The van der Waals surface area contributed by atoms with Crippen LogP contribution < -0.4 is 16.4 Å². The van der Waals surface area contributed by atoms with Crippen molar-refractivity contribution < 1.29 is 18.0 Å². The van der Waals surface area contributed by atoms with E-state index in [-0.39, 0.29) is 6.04 Å². The summed E-state index contributed by atoms with van der Waals surface area (Å²) < 4.78 is 37.0. The summed E-state index contributed by atoms with van der Waals surface area (Å²) in [5.74, 6) is -2.02. The van der Waals surface area contributed by atoms with Crippen molar-refractivity contribution in [1.82, 2.24) is 10.3 Å². The molecule has 0 saturated carbocycles. The molecule has 110 valence electrons. The van der Waals surface area contributed by atoms with E-state index < -0.39 is 23.3 Å². The van der Waals surface area contributed by atoms with E-state index in [1.54, 1.807) is 0 Å². The topological polar surface area (TPSA) is 80.0 Å². The summed E-state index contributed by atoms with van der Waals surface area (Å²) in [5, 5.41) is 6.28. The highest BCUT2D eigenvalue weighted by Crippen LogP contribution is 2.25. The van der Waals surface area contributed by atoms with Crippen molar-refractivity contribution in [3.63, 3.8) is 0 Å². The van der Waals surface area contributed by atoms with Gasteiger partial charge in [-0.25, -0.2) is 4.98 Å². The molecule has 8 heteroatoms. The number of rotatable bonds is 3. The van der Waals surface area contributed by atoms with E-state index in [0.717, 1.165) is 32.0 Å². The lowest BCUT2D eigenvalue weighted by atomic mass is 10.1. The molecule has 1 saturated heterocycles. The number of hydrogen-bond donors (Lipinski definition) is 3. The molecule has 1 atom stereocenters. The zero-order chi connectivity index (χ0) is 14.8. The van der Waals surface area contributed by atoms with E-state index in [1.807, 2.05) is 0 Å². The number of nitrogens with two attached hydrogens (primary N) is 1. The highest BCUT2D eigenvalue weighted by Gasteiger charge is 2.40. The molecule has 2 rings (SSSR count). The molecule has 0 spiro atoms. The van der Waals surface area contributed by atoms with Gasteiger partial charge in [-0.2, -0.15) is 13.2 Å². The molecule has 1 aromatic heterocycles. The number of nitrogens with one attached hydrogen (secondary N) is 2. The number of carbonyl (C=O) groups is 1. The van der Waals surface area contributed by atoms with E-state index in [1.165, 1.54) is 6.07 Å². The first-order valence-corrected chi connectivity index (χ1v) is 6.23. The SMILES string of the molecule is Nc1nc(NC2CCCNC2)ccc1C(=O)C(F)(F)F. The smallest absolute Gasteiger partial charge is 0.383 e. The number of nitrogen functional groups attached to an aromatic ring is 1. The Morgan fingerprint density at radius 2 is 2.20 bits per heavy atom. The molecule has 1 aliphatic heterocycles. The minimum atomic E-state index is -4.95. The summed E-state index contributed by atoms with van der Waals surface area (Å²) in [7, 11) is 0. The van der Waals surface area contributed by atoms with Gasteiger partial charge in [0.2, 0.25) is 0 Å². The Morgan fingerprint density at radius 3 is 2.75 bits per heavy atom. The minimum absolute atomic E-state index is 0.153. The largest absolute Gasteiger partial charge is 0.455 e. The molecule has 0 amide bonds. The number of ketones is 1. The van der Waals surface area contributed by atoms with E-state index >= 15 is 0 Å². The number of piperidine rings is 1. The van der Waals surface area contributed by atoms with Gasteiger partial charge in [0.05, 0.1) is 5.56 Å². The number of pyridine rings is 1. The van der Waals surface area contributed by atoms with Crippen molar-refractivity contribution in [3.8, 4) is 0 Å². The molecule has 0 aliphatic carbocycles. The first-order chi connectivity index (χ1) is 9.38. The second-order valence-corrected chi connectivity index (χ2v) is 4.64. The van der Waals surface area contributed by atoms with Crippen LogP contribution in [0.1, 0.15) is 23.2 Å². The highest BCUT2D eigenvalue weighted by molar-refractivity contribution is 6.03. The molecule has 1 unspecified atom stereocenters. The minimum Gasteiger partial charge on any atom is -0.383 e. The highest BCUT2D eigenvalue weighted by atomic mass is 19.4. The predicted molar refractivity (Wildman–Crippen MR) is 68.5 cm³/mol. The van der Waals surface area contributed by atoms with Gasteiger partial charge in [-0.05, 0) is 31.5 Å². The quantitative estimate of drug-likeness (QED) is 0.736. The Hall–Kier alpha value is -1.83. The lowest BCUT2D eigenvalue weighted by Crippen LogP contribution is -2.38. The Bertz CT molecular complexity index is 498. The van der Waals surface area contributed by atoms with Crippen LogP contribution in [-0.4, -0.2) is 36.1 Å². The van der Waals surface area contributed by atoms with Crippen molar-refractivity contribution >= 4 is 17.4 Å². The Labute approximate surface area is 113 Å². The van der Waals surface area contributed by atoms with Crippen molar-refractivity contribution in [2.75, 3.05) is 24.1 Å². The van der Waals surface area contributed by atoms with Crippen molar-refractivity contribution in [2.45, 2.75) is 25.1 Å². The third kappa shape index (κ3) is 3.38. The van der Waals surface area contributed by atoms with Crippen molar-refractivity contribution in [2.24, 2.45) is 0 Å². The number of aromatic nitrogens is 1. The Balaban J connectivity index is 2.11. The summed E-state index contributed by atoms with van der Waals surface area (Å²) in [6, 6.07) is 2.54. The molecule has 20 heavy (non-hydrogen) atoms. The average Bonchev–Trinajstić information content (AvgIpc) is 2.38. The van der Waals surface area contributed by atoms with Gasteiger partial charge in [0.25, 0.3) is 5.78 Å². The summed E-state index contributed by atoms with van der Waals surface area (Å²) in [6.45, 7) is 1.71. The standard InChI is InChI=1S/C12H15F3N4O/c13-12(14,15)10(20)8-3-4-9(19-11(8)16)18-7-2-1-5-17-6-7/h3-4,7,17H,1-2,5-6H2,(H3,16,18,19). The van der Waals surface area contributed by atoms with Crippen molar-refractivity contribution in [3.05, 3.63) is 17.7 Å². The summed E-state index contributed by atoms with van der Waals surface area (Å²) >= 11 is 0. The normalized spacial score (nSPS) is 19.6. The third-order valence-corrected chi connectivity index (χ3v) is 3.08. The lowest BCUT2D eigenvalue weighted by Gasteiger charge is -2.24. The zero-order valence-corrected chi connectivity index (χ0v) is 10.6. The van der Waals surface area contributed by atoms with Gasteiger partial charge in [0.1, 0.15) is 11.6 Å². The van der Waals surface area contributed by atoms with Gasteiger partial charge in [-0.1, -0.05) is 0 Å². The molecule has 1 fully saturated rings. The van der Waals surface area contributed by atoms with Gasteiger partial charge in [-0.15, -0.1) is 0 Å².